The standard InChI is InChI=1S/C13H20N2O3/c16-8-13(5-6-13)14-11(17)10-2-1-7-15(10)12(18)9-3-4-9/h9-10,16H,1-8H2,(H,14,17). The Morgan fingerprint density at radius 3 is 2.56 bits per heavy atom. The van der Waals surface area contributed by atoms with E-state index in [0.29, 0.717) is 6.54 Å². The Kier molecular flexibility index (Phi) is 2.81. The van der Waals surface area contributed by atoms with Crippen molar-refractivity contribution in [3.8, 4) is 0 Å². The SMILES string of the molecule is O=C(NC1(CO)CC1)C1CCCN1C(=O)C1CC1. The minimum absolute atomic E-state index is 0.00202. The maximum atomic E-state index is 12.2. The highest BCUT2D eigenvalue weighted by Gasteiger charge is 2.47. The van der Waals surface area contributed by atoms with Gasteiger partial charge >= 0.3 is 0 Å². The number of hydrogen-bond donors (Lipinski definition) is 2. The number of aliphatic hydroxyl groups is 1. The monoisotopic (exact) mass is 252 g/mol. The highest BCUT2D eigenvalue weighted by molar-refractivity contribution is 5.90. The van der Waals surface area contributed by atoms with Crippen LogP contribution in [0.15, 0.2) is 0 Å². The van der Waals surface area contributed by atoms with Gasteiger partial charge in [0.15, 0.2) is 0 Å². The van der Waals surface area contributed by atoms with Crippen molar-refractivity contribution < 1.29 is 14.7 Å². The number of hydrogen-bond acceptors (Lipinski definition) is 3. The Morgan fingerprint density at radius 2 is 2.00 bits per heavy atom. The van der Waals surface area contributed by atoms with Crippen LogP contribution in [0.5, 0.6) is 0 Å². The van der Waals surface area contributed by atoms with Crippen LogP contribution in [0.2, 0.25) is 0 Å². The van der Waals surface area contributed by atoms with Crippen molar-refractivity contribution in [3.05, 3.63) is 0 Å². The molecule has 2 saturated carbocycles. The zero-order valence-corrected chi connectivity index (χ0v) is 10.5. The lowest BCUT2D eigenvalue weighted by Crippen LogP contribution is -2.51. The van der Waals surface area contributed by atoms with Gasteiger partial charge in [0.05, 0.1) is 12.1 Å². The van der Waals surface area contributed by atoms with Crippen molar-refractivity contribution in [2.75, 3.05) is 13.2 Å². The molecule has 0 aromatic carbocycles. The van der Waals surface area contributed by atoms with E-state index < -0.39 is 0 Å². The van der Waals surface area contributed by atoms with E-state index in [0.717, 1.165) is 38.5 Å². The Labute approximate surface area is 107 Å². The first-order valence-corrected chi connectivity index (χ1v) is 6.89. The quantitative estimate of drug-likeness (QED) is 0.741. The van der Waals surface area contributed by atoms with Gasteiger partial charge in [-0.1, -0.05) is 0 Å². The number of amides is 2. The van der Waals surface area contributed by atoms with E-state index in [-0.39, 0.29) is 35.9 Å². The molecular formula is C13H20N2O3. The predicted octanol–water partition coefficient (Wildman–Crippen LogP) is 0.0285. The van der Waals surface area contributed by atoms with Crippen LogP contribution in [-0.4, -0.2) is 46.6 Å². The lowest BCUT2D eigenvalue weighted by Gasteiger charge is -2.26. The molecule has 2 amide bonds. The van der Waals surface area contributed by atoms with Gasteiger partial charge in [-0.3, -0.25) is 9.59 Å². The number of nitrogens with one attached hydrogen (secondary N) is 1. The maximum Gasteiger partial charge on any atom is 0.243 e. The van der Waals surface area contributed by atoms with Crippen LogP contribution < -0.4 is 5.32 Å². The van der Waals surface area contributed by atoms with E-state index in [1.807, 2.05) is 0 Å². The number of carbonyl (C=O) groups is 2. The second kappa shape index (κ2) is 4.23. The van der Waals surface area contributed by atoms with E-state index in [2.05, 4.69) is 5.32 Å². The third kappa shape index (κ3) is 2.11. The lowest BCUT2D eigenvalue weighted by molar-refractivity contribution is -0.139. The smallest absolute Gasteiger partial charge is 0.243 e. The normalized spacial score (nSPS) is 29.2. The van der Waals surface area contributed by atoms with Gasteiger partial charge in [-0.05, 0) is 38.5 Å². The summed E-state index contributed by atoms with van der Waals surface area (Å²) in [5.41, 5.74) is -0.381. The van der Waals surface area contributed by atoms with Gasteiger partial charge in [-0.25, -0.2) is 0 Å². The highest BCUT2D eigenvalue weighted by atomic mass is 16.3. The fourth-order valence-corrected chi connectivity index (χ4v) is 2.69. The number of rotatable bonds is 4. The summed E-state index contributed by atoms with van der Waals surface area (Å²) in [6, 6.07) is -0.304. The van der Waals surface area contributed by atoms with Crippen LogP contribution in [0.25, 0.3) is 0 Å². The molecule has 0 bridgehead atoms. The van der Waals surface area contributed by atoms with Gasteiger partial charge in [0.1, 0.15) is 6.04 Å². The van der Waals surface area contributed by atoms with Crippen molar-refractivity contribution in [3.63, 3.8) is 0 Å². The van der Waals surface area contributed by atoms with Crippen molar-refractivity contribution in [1.82, 2.24) is 10.2 Å². The topological polar surface area (TPSA) is 69.6 Å². The van der Waals surface area contributed by atoms with Gasteiger partial charge in [0.2, 0.25) is 11.8 Å². The number of carbonyl (C=O) groups excluding carboxylic acids is 2. The summed E-state index contributed by atoms with van der Waals surface area (Å²) in [7, 11) is 0. The molecule has 100 valence electrons. The molecule has 3 rings (SSSR count). The third-order valence-corrected chi connectivity index (χ3v) is 4.31. The van der Waals surface area contributed by atoms with Gasteiger partial charge in [0, 0.05) is 12.5 Å². The molecule has 0 radical (unpaired) electrons. The zero-order valence-electron chi connectivity index (χ0n) is 10.5. The van der Waals surface area contributed by atoms with E-state index in [9.17, 15) is 14.7 Å². The fraction of sp³-hybridized carbons (Fsp3) is 0.846. The van der Waals surface area contributed by atoms with E-state index in [4.69, 9.17) is 0 Å². The predicted molar refractivity (Wildman–Crippen MR) is 64.7 cm³/mol. The van der Waals surface area contributed by atoms with Crippen LogP contribution in [0, 0.1) is 5.92 Å². The van der Waals surface area contributed by atoms with Crippen molar-refractivity contribution in [2.24, 2.45) is 5.92 Å². The summed E-state index contributed by atoms with van der Waals surface area (Å²) in [6.45, 7) is 0.710. The molecule has 5 nitrogen and oxygen atoms in total. The molecule has 1 unspecified atom stereocenters. The summed E-state index contributed by atoms with van der Waals surface area (Å²) in [6.07, 6.45) is 5.31. The summed E-state index contributed by atoms with van der Waals surface area (Å²) in [5, 5.41) is 12.1. The first-order chi connectivity index (χ1) is 8.65. The summed E-state index contributed by atoms with van der Waals surface area (Å²) < 4.78 is 0. The number of likely N-dealkylation sites (tertiary alicyclic amines) is 1. The summed E-state index contributed by atoms with van der Waals surface area (Å²) in [5.74, 6) is 0.251. The average Bonchev–Trinajstić information content (AvgIpc) is 3.28. The van der Waals surface area contributed by atoms with Crippen molar-refractivity contribution in [2.45, 2.75) is 50.1 Å². The lowest BCUT2D eigenvalue weighted by atomic mass is 10.1. The molecule has 2 N–H and O–H groups in total. The Balaban J connectivity index is 1.63. The second-order valence-corrected chi connectivity index (χ2v) is 5.89. The molecule has 0 aromatic rings. The number of nitrogens with zero attached hydrogens (tertiary/aromatic N) is 1. The molecule has 1 aliphatic heterocycles. The van der Waals surface area contributed by atoms with Crippen LogP contribution >= 0.6 is 0 Å². The molecule has 0 spiro atoms. The van der Waals surface area contributed by atoms with Crippen LogP contribution in [0.4, 0.5) is 0 Å². The molecule has 0 aromatic heterocycles. The fourth-order valence-electron chi connectivity index (χ4n) is 2.69. The van der Waals surface area contributed by atoms with Crippen LogP contribution in [0.1, 0.15) is 38.5 Å². The van der Waals surface area contributed by atoms with Gasteiger partial charge in [-0.2, -0.15) is 0 Å². The second-order valence-electron chi connectivity index (χ2n) is 5.89. The molecule has 1 saturated heterocycles. The zero-order chi connectivity index (χ0) is 12.8. The maximum absolute atomic E-state index is 12.2. The summed E-state index contributed by atoms with van der Waals surface area (Å²) in [4.78, 5) is 26.0. The molecule has 3 fully saturated rings. The van der Waals surface area contributed by atoms with Crippen LogP contribution in [0.3, 0.4) is 0 Å². The summed E-state index contributed by atoms with van der Waals surface area (Å²) >= 11 is 0. The Bertz CT molecular complexity index is 374. The molecule has 1 heterocycles. The largest absolute Gasteiger partial charge is 0.394 e. The Hall–Kier alpha value is -1.10. The molecule has 1 atom stereocenters. The third-order valence-electron chi connectivity index (χ3n) is 4.31. The molecule has 5 heteroatoms. The average molecular weight is 252 g/mol. The minimum atomic E-state index is -0.381. The number of aliphatic hydroxyl groups excluding tert-OH is 1. The van der Waals surface area contributed by atoms with Gasteiger partial charge in [-0.15, -0.1) is 0 Å². The van der Waals surface area contributed by atoms with E-state index in [1.54, 1.807) is 4.90 Å². The molecule has 18 heavy (non-hydrogen) atoms. The van der Waals surface area contributed by atoms with Crippen LogP contribution in [-0.2, 0) is 9.59 Å². The molecular weight excluding hydrogens is 232 g/mol. The van der Waals surface area contributed by atoms with E-state index in [1.165, 1.54) is 0 Å². The highest BCUT2D eigenvalue weighted by Crippen LogP contribution is 2.36. The van der Waals surface area contributed by atoms with E-state index >= 15 is 0 Å². The first-order valence-electron chi connectivity index (χ1n) is 6.89. The van der Waals surface area contributed by atoms with Gasteiger partial charge < -0.3 is 15.3 Å². The van der Waals surface area contributed by atoms with Crippen molar-refractivity contribution in [1.29, 1.82) is 0 Å². The molecule has 2 aliphatic carbocycles. The Morgan fingerprint density at radius 1 is 1.28 bits per heavy atom. The molecule has 3 aliphatic rings. The van der Waals surface area contributed by atoms with Gasteiger partial charge in [0.25, 0.3) is 0 Å². The van der Waals surface area contributed by atoms with Crippen molar-refractivity contribution >= 4 is 11.8 Å². The first kappa shape index (κ1) is 12.0. The minimum Gasteiger partial charge on any atom is -0.394 e.